The van der Waals surface area contributed by atoms with Gasteiger partial charge in [-0.15, -0.1) is 0 Å². The maximum absolute atomic E-state index is 13.3. The highest BCUT2D eigenvalue weighted by Crippen LogP contribution is 2.37. The first kappa shape index (κ1) is 32.0. The Balaban J connectivity index is 1.48. The number of nitrogens with one attached hydrogen (secondary N) is 2. The van der Waals surface area contributed by atoms with Crippen molar-refractivity contribution >= 4 is 28.0 Å². The van der Waals surface area contributed by atoms with E-state index in [9.17, 15) is 13.2 Å². The van der Waals surface area contributed by atoms with Crippen LogP contribution in [-0.4, -0.2) is 44.2 Å². The van der Waals surface area contributed by atoms with Crippen molar-refractivity contribution < 1.29 is 27.4 Å². The summed E-state index contributed by atoms with van der Waals surface area (Å²) < 4.78 is 46.4. The van der Waals surface area contributed by atoms with Gasteiger partial charge in [-0.2, -0.15) is 10.1 Å². The Bertz CT molecular complexity index is 1690. The lowest BCUT2D eigenvalue weighted by Gasteiger charge is -2.19. The van der Waals surface area contributed by atoms with Crippen LogP contribution in [0, 0.1) is 0 Å². The van der Waals surface area contributed by atoms with E-state index < -0.39 is 10.0 Å². The molecule has 0 spiro atoms. The number of anilines is 1. The van der Waals surface area contributed by atoms with E-state index in [1.807, 2.05) is 6.07 Å². The van der Waals surface area contributed by atoms with E-state index in [0.717, 1.165) is 5.56 Å². The summed E-state index contributed by atoms with van der Waals surface area (Å²) in [4.78, 5) is 20.5. The zero-order valence-corrected chi connectivity index (χ0v) is 25.8. The highest BCUT2D eigenvalue weighted by Gasteiger charge is 2.23. The molecule has 0 aliphatic carbocycles. The highest BCUT2D eigenvalue weighted by molar-refractivity contribution is 7.92. The molecule has 44 heavy (non-hydrogen) atoms. The van der Waals surface area contributed by atoms with Gasteiger partial charge in [0.2, 0.25) is 5.75 Å². The van der Waals surface area contributed by atoms with Gasteiger partial charge in [0.15, 0.2) is 5.82 Å². The standard InChI is InChI=1S/C32H35N5O6S/c1-32(2,3)24-15-17-27(18-16-24)44(39,40)37-29-28(43-26-14-10-13-25(21-26)41-4)31(34-22-33-29)42-20-9-8-19-35-36-30(38)23-11-6-5-7-12-23/h5-7,10-19,21-22H,8-9,20H2,1-4H3,(H,36,38)(H,33,34,37)/b35-19+. The van der Waals surface area contributed by atoms with Gasteiger partial charge in [-0.1, -0.05) is 57.2 Å². The molecule has 4 aromatic rings. The molecule has 3 aromatic carbocycles. The summed E-state index contributed by atoms with van der Waals surface area (Å²) >= 11 is 0. The van der Waals surface area contributed by atoms with Gasteiger partial charge in [-0.05, 0) is 60.2 Å². The third-order valence-electron chi connectivity index (χ3n) is 6.30. The van der Waals surface area contributed by atoms with Gasteiger partial charge in [0.1, 0.15) is 17.8 Å². The number of aromatic nitrogens is 2. The average molecular weight is 618 g/mol. The molecule has 1 amide bonds. The molecule has 0 unspecified atom stereocenters. The van der Waals surface area contributed by atoms with Crippen LogP contribution >= 0.6 is 0 Å². The topological polar surface area (TPSA) is 141 Å². The van der Waals surface area contributed by atoms with Crippen molar-refractivity contribution in [2.24, 2.45) is 5.10 Å². The van der Waals surface area contributed by atoms with Crippen LogP contribution in [0.25, 0.3) is 0 Å². The van der Waals surface area contributed by atoms with Crippen LogP contribution in [0.1, 0.15) is 49.5 Å². The number of hydrogen-bond acceptors (Lipinski definition) is 9. The fraction of sp³-hybridized carbons (Fsp3) is 0.250. The van der Waals surface area contributed by atoms with Gasteiger partial charge in [-0.25, -0.2) is 18.8 Å². The molecular weight excluding hydrogens is 582 g/mol. The molecule has 0 saturated carbocycles. The van der Waals surface area contributed by atoms with Crippen LogP contribution < -0.4 is 24.4 Å². The number of nitrogens with zero attached hydrogens (tertiary/aromatic N) is 3. The van der Waals surface area contributed by atoms with Gasteiger partial charge >= 0.3 is 0 Å². The number of ether oxygens (including phenoxy) is 3. The zero-order chi connectivity index (χ0) is 31.6. The second-order valence-electron chi connectivity index (χ2n) is 10.6. The number of hydrogen-bond donors (Lipinski definition) is 2. The summed E-state index contributed by atoms with van der Waals surface area (Å²) in [7, 11) is -2.51. The van der Waals surface area contributed by atoms with Crippen molar-refractivity contribution in [2.75, 3.05) is 18.4 Å². The Kier molecular flexibility index (Phi) is 10.5. The molecule has 230 valence electrons. The summed E-state index contributed by atoms with van der Waals surface area (Å²) in [5.41, 5.74) is 3.86. The van der Waals surface area contributed by atoms with Crippen molar-refractivity contribution in [1.29, 1.82) is 0 Å². The van der Waals surface area contributed by atoms with Crippen LogP contribution in [0.5, 0.6) is 23.1 Å². The van der Waals surface area contributed by atoms with Gasteiger partial charge in [0.25, 0.3) is 21.8 Å². The quantitative estimate of drug-likeness (QED) is 0.107. The third kappa shape index (κ3) is 8.77. The number of methoxy groups -OCH3 is 1. The van der Waals surface area contributed by atoms with E-state index in [4.69, 9.17) is 14.2 Å². The van der Waals surface area contributed by atoms with Crippen molar-refractivity contribution in [3.8, 4) is 23.1 Å². The van der Waals surface area contributed by atoms with E-state index >= 15 is 0 Å². The number of rotatable bonds is 13. The minimum absolute atomic E-state index is 0.0144. The first-order valence-electron chi connectivity index (χ1n) is 13.9. The van der Waals surface area contributed by atoms with E-state index in [-0.39, 0.29) is 40.3 Å². The molecule has 1 aromatic heterocycles. The number of hydrazone groups is 1. The van der Waals surface area contributed by atoms with E-state index in [0.29, 0.717) is 29.9 Å². The Morgan fingerprint density at radius 2 is 1.68 bits per heavy atom. The fourth-order valence-electron chi connectivity index (χ4n) is 3.89. The maximum Gasteiger partial charge on any atom is 0.271 e. The molecule has 2 N–H and O–H groups in total. The second kappa shape index (κ2) is 14.5. The van der Waals surface area contributed by atoms with Crippen LogP contribution in [0.4, 0.5) is 5.82 Å². The van der Waals surface area contributed by atoms with E-state index in [1.54, 1.807) is 79.0 Å². The van der Waals surface area contributed by atoms with Gasteiger partial charge in [0, 0.05) is 17.8 Å². The van der Waals surface area contributed by atoms with Gasteiger partial charge in [0.05, 0.1) is 18.6 Å². The Morgan fingerprint density at radius 3 is 2.39 bits per heavy atom. The summed E-state index contributed by atoms with van der Waals surface area (Å²) in [6.45, 7) is 6.35. The molecule has 0 atom stereocenters. The SMILES string of the molecule is COc1cccc(Oc2c(NS(=O)(=O)c3ccc(C(C)(C)C)cc3)ncnc2OCCC/C=N/NC(=O)c2ccccc2)c1. The predicted molar refractivity (Wildman–Crippen MR) is 168 cm³/mol. The van der Waals surface area contributed by atoms with Crippen LogP contribution in [-0.2, 0) is 15.4 Å². The number of unbranched alkanes of at least 4 members (excludes halogenated alkanes) is 1. The van der Waals surface area contributed by atoms with Crippen LogP contribution in [0.3, 0.4) is 0 Å². The van der Waals surface area contributed by atoms with Gasteiger partial charge in [-0.3, -0.25) is 9.52 Å². The van der Waals surface area contributed by atoms with Crippen molar-refractivity contribution in [2.45, 2.75) is 43.9 Å². The average Bonchev–Trinajstić information content (AvgIpc) is 3.02. The largest absolute Gasteiger partial charge is 0.497 e. The monoisotopic (exact) mass is 617 g/mol. The minimum Gasteiger partial charge on any atom is -0.497 e. The summed E-state index contributed by atoms with van der Waals surface area (Å²) in [6.07, 6.45) is 3.78. The molecular formula is C32H35N5O6S. The number of carbonyl (C=O) groups excluding carboxylic acids is 1. The van der Waals surface area contributed by atoms with Crippen molar-refractivity contribution in [1.82, 2.24) is 15.4 Å². The maximum atomic E-state index is 13.3. The molecule has 12 heteroatoms. The zero-order valence-electron chi connectivity index (χ0n) is 25.0. The molecule has 0 fully saturated rings. The minimum atomic E-state index is -4.03. The van der Waals surface area contributed by atoms with E-state index in [1.165, 1.54) is 13.4 Å². The molecule has 11 nitrogen and oxygen atoms in total. The lowest BCUT2D eigenvalue weighted by atomic mass is 9.87. The Morgan fingerprint density at radius 1 is 0.955 bits per heavy atom. The third-order valence-corrected chi connectivity index (χ3v) is 7.66. The normalized spacial score (nSPS) is 11.6. The molecule has 1 heterocycles. The fourth-order valence-corrected chi connectivity index (χ4v) is 4.91. The smallest absolute Gasteiger partial charge is 0.271 e. The Labute approximate surface area is 257 Å². The number of sulfonamides is 1. The van der Waals surface area contributed by atoms with Crippen molar-refractivity contribution in [3.63, 3.8) is 0 Å². The first-order valence-corrected chi connectivity index (χ1v) is 15.3. The second-order valence-corrected chi connectivity index (χ2v) is 12.3. The van der Waals surface area contributed by atoms with Crippen LogP contribution in [0.2, 0.25) is 0 Å². The lowest BCUT2D eigenvalue weighted by Crippen LogP contribution is -2.17. The highest BCUT2D eigenvalue weighted by atomic mass is 32.2. The van der Waals surface area contributed by atoms with Crippen molar-refractivity contribution in [3.05, 3.63) is 96.3 Å². The molecule has 0 aliphatic heterocycles. The van der Waals surface area contributed by atoms with Gasteiger partial charge < -0.3 is 14.2 Å². The molecule has 4 rings (SSSR count). The number of benzene rings is 3. The molecule has 0 aliphatic rings. The molecule has 0 radical (unpaired) electrons. The number of carbonyl (C=O) groups is 1. The molecule has 0 saturated heterocycles. The summed E-state index contributed by atoms with van der Waals surface area (Å²) in [5, 5.41) is 3.96. The summed E-state index contributed by atoms with van der Waals surface area (Å²) in [6, 6.07) is 22.2. The predicted octanol–water partition coefficient (Wildman–Crippen LogP) is 5.95. The van der Waals surface area contributed by atoms with E-state index in [2.05, 4.69) is 46.0 Å². The Hall–Kier alpha value is -4.97. The first-order chi connectivity index (χ1) is 21.1. The number of amides is 1. The lowest BCUT2D eigenvalue weighted by molar-refractivity contribution is 0.0955. The van der Waals surface area contributed by atoms with Crippen LogP contribution in [0.15, 0.2) is 95.2 Å². The molecule has 0 bridgehead atoms. The summed E-state index contributed by atoms with van der Waals surface area (Å²) in [5.74, 6) is 0.528.